The lowest BCUT2D eigenvalue weighted by atomic mass is 10.1. The molecule has 4 aromatic rings. The third-order valence-electron chi connectivity index (χ3n) is 6.13. The smallest absolute Gasteiger partial charge is 0.281 e. The van der Waals surface area contributed by atoms with Crippen molar-refractivity contribution in [3.05, 3.63) is 113 Å². The molecule has 0 fully saturated rings. The number of nitrogens with one attached hydrogen (secondary N) is 2. The zero-order valence-electron chi connectivity index (χ0n) is 20.7. The fourth-order valence-electron chi connectivity index (χ4n) is 3.83. The number of carbonyl (C=O) groups excluding carboxylic acids is 2. The summed E-state index contributed by atoms with van der Waals surface area (Å²) >= 11 is 0. The number of nitrogens with zero attached hydrogens (tertiary/aromatic N) is 2. The van der Waals surface area contributed by atoms with Gasteiger partial charge in [0.1, 0.15) is 11.5 Å². The number of halogens is 1. The van der Waals surface area contributed by atoms with E-state index >= 15 is 0 Å². The number of carbonyl (C=O) groups is 2. The minimum absolute atomic E-state index is 0.000263. The molecule has 3 aromatic carbocycles. The molecule has 4 rings (SSSR count). The highest BCUT2D eigenvalue weighted by atomic mass is 19.1. The van der Waals surface area contributed by atoms with Gasteiger partial charge in [0.15, 0.2) is 0 Å². The van der Waals surface area contributed by atoms with Gasteiger partial charge in [0.25, 0.3) is 11.5 Å². The predicted octanol–water partition coefficient (Wildman–Crippen LogP) is 4.66. The van der Waals surface area contributed by atoms with Crippen molar-refractivity contribution in [3.63, 3.8) is 0 Å². The molecule has 1 heterocycles. The Morgan fingerprint density at radius 2 is 1.59 bits per heavy atom. The van der Waals surface area contributed by atoms with Gasteiger partial charge >= 0.3 is 0 Å². The molecule has 1 atom stereocenters. The van der Waals surface area contributed by atoms with E-state index in [1.54, 1.807) is 69.6 Å². The van der Waals surface area contributed by atoms with Gasteiger partial charge in [-0.25, -0.2) is 8.96 Å². The molecule has 37 heavy (non-hydrogen) atoms. The number of benzene rings is 3. The van der Waals surface area contributed by atoms with E-state index in [1.807, 2.05) is 29.2 Å². The first-order valence-electron chi connectivity index (χ1n) is 11.7. The minimum atomic E-state index is -0.639. The minimum Gasteiger partial charge on any atom is -0.345 e. The van der Waals surface area contributed by atoms with Gasteiger partial charge in [-0.15, -0.1) is 0 Å². The molecule has 0 aliphatic heterocycles. The number of aromatic nitrogens is 1. The summed E-state index contributed by atoms with van der Waals surface area (Å²) in [6.45, 7) is 1.67. The molecule has 0 saturated heterocycles. The van der Waals surface area contributed by atoms with Crippen molar-refractivity contribution in [2.75, 3.05) is 24.3 Å². The third kappa shape index (κ3) is 5.49. The molecular formula is C29H27FN4O3. The van der Waals surface area contributed by atoms with E-state index in [0.29, 0.717) is 16.9 Å². The number of rotatable bonds is 7. The maximum absolute atomic E-state index is 13.8. The van der Waals surface area contributed by atoms with E-state index in [0.717, 1.165) is 10.3 Å². The largest absolute Gasteiger partial charge is 0.345 e. The summed E-state index contributed by atoms with van der Waals surface area (Å²) < 4.78 is 14.5. The predicted molar refractivity (Wildman–Crippen MR) is 144 cm³/mol. The SMILES string of the molecule is CN[C@@H](C)C(=O)Nc1ccc(-c2ccccc2)n(C(=O)c2cccc(N(C)c3ccc(F)cc3)c2)c1=O. The highest BCUT2D eigenvalue weighted by Crippen LogP contribution is 2.26. The second-order valence-electron chi connectivity index (χ2n) is 8.53. The van der Waals surface area contributed by atoms with Gasteiger partial charge in [-0.05, 0) is 74.1 Å². The highest BCUT2D eigenvalue weighted by molar-refractivity contribution is 6.00. The van der Waals surface area contributed by atoms with E-state index in [2.05, 4.69) is 10.6 Å². The molecule has 1 aromatic heterocycles. The molecule has 0 bridgehead atoms. The Morgan fingerprint density at radius 1 is 0.892 bits per heavy atom. The molecule has 0 aliphatic rings. The van der Waals surface area contributed by atoms with Gasteiger partial charge in [0.05, 0.1) is 11.7 Å². The summed E-state index contributed by atoms with van der Waals surface area (Å²) in [7, 11) is 3.44. The number of likely N-dealkylation sites (N-methyl/N-ethyl adjacent to an activating group) is 1. The van der Waals surface area contributed by atoms with Crippen LogP contribution in [0.25, 0.3) is 11.3 Å². The van der Waals surface area contributed by atoms with Crippen LogP contribution in [-0.4, -0.2) is 36.5 Å². The Bertz CT molecular complexity index is 1480. The van der Waals surface area contributed by atoms with Crippen LogP contribution in [0.15, 0.2) is 95.8 Å². The van der Waals surface area contributed by atoms with Crippen molar-refractivity contribution in [2.24, 2.45) is 0 Å². The maximum atomic E-state index is 13.8. The monoisotopic (exact) mass is 498 g/mol. The van der Waals surface area contributed by atoms with Crippen molar-refractivity contribution in [1.29, 1.82) is 0 Å². The molecule has 7 nitrogen and oxygen atoms in total. The first kappa shape index (κ1) is 25.5. The van der Waals surface area contributed by atoms with Crippen LogP contribution in [0.2, 0.25) is 0 Å². The summed E-state index contributed by atoms with van der Waals surface area (Å²) in [6.07, 6.45) is 0. The van der Waals surface area contributed by atoms with Gasteiger partial charge in [0, 0.05) is 24.0 Å². The zero-order chi connectivity index (χ0) is 26.5. The van der Waals surface area contributed by atoms with Crippen LogP contribution >= 0.6 is 0 Å². The van der Waals surface area contributed by atoms with Gasteiger partial charge in [-0.2, -0.15) is 0 Å². The Labute approximate surface area is 214 Å². The van der Waals surface area contributed by atoms with Crippen molar-refractivity contribution >= 4 is 28.9 Å². The normalized spacial score (nSPS) is 11.6. The zero-order valence-corrected chi connectivity index (χ0v) is 20.7. The molecule has 8 heteroatoms. The van der Waals surface area contributed by atoms with Crippen LogP contribution in [-0.2, 0) is 4.79 Å². The number of anilines is 3. The van der Waals surface area contributed by atoms with Gasteiger partial charge in [-0.3, -0.25) is 14.4 Å². The number of hydrogen-bond acceptors (Lipinski definition) is 5. The van der Waals surface area contributed by atoms with E-state index in [4.69, 9.17) is 0 Å². The van der Waals surface area contributed by atoms with E-state index in [1.165, 1.54) is 18.2 Å². The number of amides is 1. The van der Waals surface area contributed by atoms with Crippen molar-refractivity contribution in [2.45, 2.75) is 13.0 Å². The van der Waals surface area contributed by atoms with E-state index in [-0.39, 0.29) is 17.1 Å². The maximum Gasteiger partial charge on any atom is 0.281 e. The second kappa shape index (κ2) is 11.0. The summed E-state index contributed by atoms with van der Waals surface area (Å²) in [5, 5.41) is 5.44. The van der Waals surface area contributed by atoms with Gasteiger partial charge in [0.2, 0.25) is 5.91 Å². The van der Waals surface area contributed by atoms with Crippen LogP contribution < -0.4 is 21.1 Å². The molecule has 2 N–H and O–H groups in total. The van der Waals surface area contributed by atoms with Crippen LogP contribution in [0.1, 0.15) is 17.3 Å². The topological polar surface area (TPSA) is 83.4 Å². The van der Waals surface area contributed by atoms with Crippen molar-refractivity contribution in [3.8, 4) is 11.3 Å². The lowest BCUT2D eigenvalue weighted by Crippen LogP contribution is -2.38. The summed E-state index contributed by atoms with van der Waals surface area (Å²) in [4.78, 5) is 41.6. The summed E-state index contributed by atoms with van der Waals surface area (Å²) in [5.74, 6) is -1.28. The fourth-order valence-corrected chi connectivity index (χ4v) is 3.83. The first-order valence-corrected chi connectivity index (χ1v) is 11.7. The molecule has 188 valence electrons. The molecule has 0 aliphatic carbocycles. The standard InChI is InChI=1S/C29H27FN4O3/c1-19(31-2)27(35)32-25-16-17-26(20-8-5-4-6-9-20)34(29(25)37)28(36)21-10-7-11-24(18-21)33(3)23-14-12-22(30)13-15-23/h4-19,31H,1-3H3,(H,32,35)/t19-/m0/s1. The number of hydrogen-bond donors (Lipinski definition) is 2. The average Bonchev–Trinajstić information content (AvgIpc) is 2.93. The van der Waals surface area contributed by atoms with Gasteiger partial charge < -0.3 is 15.5 Å². The molecule has 1 amide bonds. The Morgan fingerprint density at radius 3 is 2.27 bits per heavy atom. The average molecular weight is 499 g/mol. The van der Waals surface area contributed by atoms with Crippen molar-refractivity contribution in [1.82, 2.24) is 9.88 Å². The van der Waals surface area contributed by atoms with E-state index in [9.17, 15) is 18.8 Å². The lowest BCUT2D eigenvalue weighted by Gasteiger charge is -2.20. The molecule has 0 saturated carbocycles. The number of pyridine rings is 1. The fraction of sp³-hybridized carbons (Fsp3) is 0.138. The Kier molecular flexibility index (Phi) is 7.60. The summed E-state index contributed by atoms with van der Waals surface area (Å²) in [5.41, 5.74) is 2.12. The highest BCUT2D eigenvalue weighted by Gasteiger charge is 2.21. The quantitative estimate of drug-likeness (QED) is 0.387. The third-order valence-corrected chi connectivity index (χ3v) is 6.13. The van der Waals surface area contributed by atoms with Crippen molar-refractivity contribution < 1.29 is 14.0 Å². The molecular weight excluding hydrogens is 471 g/mol. The van der Waals surface area contributed by atoms with Crippen LogP contribution in [0.5, 0.6) is 0 Å². The van der Waals surface area contributed by atoms with Crippen LogP contribution in [0, 0.1) is 5.82 Å². The lowest BCUT2D eigenvalue weighted by molar-refractivity contribution is -0.117. The van der Waals surface area contributed by atoms with Crippen LogP contribution in [0.4, 0.5) is 21.5 Å². The first-order chi connectivity index (χ1) is 17.8. The second-order valence-corrected chi connectivity index (χ2v) is 8.53. The van der Waals surface area contributed by atoms with Crippen LogP contribution in [0.3, 0.4) is 0 Å². The Balaban J connectivity index is 1.79. The van der Waals surface area contributed by atoms with Gasteiger partial charge in [-0.1, -0.05) is 36.4 Å². The molecule has 0 radical (unpaired) electrons. The van der Waals surface area contributed by atoms with E-state index < -0.39 is 23.4 Å². The Hall–Kier alpha value is -4.56. The molecule has 0 spiro atoms. The molecule has 0 unspecified atom stereocenters. The summed E-state index contributed by atoms with van der Waals surface area (Å²) in [6, 6.07) is 24.5.